The Labute approximate surface area is 188 Å². The summed E-state index contributed by atoms with van der Waals surface area (Å²) in [5.74, 6) is 0.521. The molecule has 0 aliphatic rings. The zero-order chi connectivity index (χ0) is 24.2. The van der Waals surface area contributed by atoms with E-state index in [4.69, 9.17) is 4.74 Å². The number of hydrogen-bond donors (Lipinski definition) is 3. The van der Waals surface area contributed by atoms with E-state index in [1.165, 1.54) is 19.2 Å². The highest BCUT2D eigenvalue weighted by atomic mass is 19.4. The number of aryl methyl sites for hydroxylation is 2. The van der Waals surface area contributed by atoms with Crippen molar-refractivity contribution in [1.29, 1.82) is 0 Å². The topological polar surface area (TPSA) is 92.4 Å². The Hall–Kier alpha value is -4.08. The van der Waals surface area contributed by atoms with Crippen LogP contribution in [0.2, 0.25) is 0 Å². The Morgan fingerprint density at radius 1 is 0.909 bits per heavy atom. The number of aromatic nitrogens is 1. The molecule has 0 unspecified atom stereocenters. The van der Waals surface area contributed by atoms with E-state index in [9.17, 15) is 22.8 Å². The third kappa shape index (κ3) is 6.22. The third-order valence-corrected chi connectivity index (χ3v) is 4.55. The number of amides is 3. The first-order valence-corrected chi connectivity index (χ1v) is 9.79. The molecule has 2 aromatic carbocycles. The molecule has 0 aliphatic carbocycles. The highest BCUT2D eigenvalue weighted by Gasteiger charge is 2.30. The van der Waals surface area contributed by atoms with Gasteiger partial charge in [0.2, 0.25) is 0 Å². The second kappa shape index (κ2) is 9.60. The minimum atomic E-state index is -4.51. The number of carbonyl (C=O) groups excluding carboxylic acids is 2. The maximum absolute atomic E-state index is 12.9. The Kier molecular flexibility index (Phi) is 6.86. The molecular formula is C23H21F3N4O3. The van der Waals surface area contributed by atoms with E-state index in [1.54, 1.807) is 44.2 Å². The summed E-state index contributed by atoms with van der Waals surface area (Å²) in [5.41, 5.74) is 0.920. The van der Waals surface area contributed by atoms with Crippen molar-refractivity contribution in [2.45, 2.75) is 20.0 Å². The van der Waals surface area contributed by atoms with Crippen LogP contribution in [0.1, 0.15) is 27.3 Å². The number of pyridine rings is 1. The van der Waals surface area contributed by atoms with Gasteiger partial charge in [0.1, 0.15) is 17.2 Å². The summed E-state index contributed by atoms with van der Waals surface area (Å²) in [4.78, 5) is 28.2. The van der Waals surface area contributed by atoms with Crippen LogP contribution in [0.3, 0.4) is 0 Å². The van der Waals surface area contributed by atoms with Crippen LogP contribution >= 0.6 is 0 Å². The monoisotopic (exact) mass is 458 g/mol. The predicted molar refractivity (Wildman–Crippen MR) is 118 cm³/mol. The fraction of sp³-hybridized carbons (Fsp3) is 0.174. The summed E-state index contributed by atoms with van der Waals surface area (Å²) in [6.07, 6.45) is -4.51. The molecule has 0 radical (unpaired) electrons. The zero-order valence-corrected chi connectivity index (χ0v) is 18.0. The van der Waals surface area contributed by atoms with Gasteiger partial charge in [0, 0.05) is 36.2 Å². The molecule has 0 saturated heterocycles. The standard InChI is InChI=1S/C23H21F3N4O3/c1-13-4-5-15(23(24,25)26)11-19(13)30-22(32)29-16-6-8-17(9-7-16)33-18-10-14(2)28-20(12-18)21(31)27-3/h4-12H,1-3H3,(H,27,31)(H2,29,30,32). The van der Waals surface area contributed by atoms with Gasteiger partial charge in [-0.1, -0.05) is 6.07 Å². The summed E-state index contributed by atoms with van der Waals surface area (Å²) < 4.78 is 44.5. The van der Waals surface area contributed by atoms with Gasteiger partial charge in [-0.05, 0) is 55.8 Å². The second-order valence-corrected chi connectivity index (χ2v) is 7.14. The Balaban J connectivity index is 1.66. The number of anilines is 2. The molecular weight excluding hydrogens is 437 g/mol. The summed E-state index contributed by atoms with van der Waals surface area (Å²) in [7, 11) is 1.50. The maximum atomic E-state index is 12.9. The lowest BCUT2D eigenvalue weighted by atomic mass is 10.1. The van der Waals surface area contributed by atoms with Crippen molar-refractivity contribution in [2.24, 2.45) is 0 Å². The molecule has 0 saturated carbocycles. The van der Waals surface area contributed by atoms with Crippen LogP contribution in [0.15, 0.2) is 54.6 Å². The van der Waals surface area contributed by atoms with Gasteiger partial charge >= 0.3 is 12.2 Å². The van der Waals surface area contributed by atoms with E-state index in [-0.39, 0.29) is 17.3 Å². The van der Waals surface area contributed by atoms with Crippen LogP contribution in [-0.2, 0) is 6.18 Å². The van der Waals surface area contributed by atoms with Crippen LogP contribution in [0, 0.1) is 13.8 Å². The molecule has 1 aromatic heterocycles. The smallest absolute Gasteiger partial charge is 0.416 e. The Morgan fingerprint density at radius 3 is 2.24 bits per heavy atom. The molecule has 0 aliphatic heterocycles. The Morgan fingerprint density at radius 2 is 1.61 bits per heavy atom. The summed E-state index contributed by atoms with van der Waals surface area (Å²) in [6.45, 7) is 3.33. The molecule has 10 heteroatoms. The number of halogens is 3. The molecule has 0 atom stereocenters. The normalized spacial score (nSPS) is 11.0. The van der Waals surface area contributed by atoms with Crippen molar-refractivity contribution >= 4 is 23.3 Å². The average molecular weight is 458 g/mol. The molecule has 0 bridgehead atoms. The lowest BCUT2D eigenvalue weighted by Crippen LogP contribution is -2.20. The van der Waals surface area contributed by atoms with Crippen molar-refractivity contribution in [3.63, 3.8) is 0 Å². The van der Waals surface area contributed by atoms with Crippen molar-refractivity contribution < 1.29 is 27.5 Å². The fourth-order valence-electron chi connectivity index (χ4n) is 2.90. The van der Waals surface area contributed by atoms with E-state index < -0.39 is 17.8 Å². The second-order valence-electron chi connectivity index (χ2n) is 7.14. The number of ether oxygens (including phenoxy) is 1. The number of nitrogens with one attached hydrogen (secondary N) is 3. The van der Waals surface area contributed by atoms with E-state index in [1.807, 2.05) is 0 Å². The quantitative estimate of drug-likeness (QED) is 0.470. The van der Waals surface area contributed by atoms with Crippen LogP contribution < -0.4 is 20.7 Å². The largest absolute Gasteiger partial charge is 0.457 e. The number of rotatable bonds is 5. The summed E-state index contributed by atoms with van der Waals surface area (Å²) in [6, 6.07) is 12.0. The first kappa shape index (κ1) is 23.6. The highest BCUT2D eigenvalue weighted by molar-refractivity contribution is 6.00. The molecule has 3 N–H and O–H groups in total. The number of carbonyl (C=O) groups is 2. The van der Waals surface area contributed by atoms with Crippen LogP contribution in [0.25, 0.3) is 0 Å². The summed E-state index contributed by atoms with van der Waals surface area (Å²) >= 11 is 0. The van der Waals surface area contributed by atoms with Gasteiger partial charge < -0.3 is 20.7 Å². The molecule has 0 spiro atoms. The van der Waals surface area contributed by atoms with Gasteiger partial charge in [-0.2, -0.15) is 13.2 Å². The third-order valence-electron chi connectivity index (χ3n) is 4.55. The van der Waals surface area contributed by atoms with Crippen LogP contribution in [-0.4, -0.2) is 24.0 Å². The lowest BCUT2D eigenvalue weighted by molar-refractivity contribution is -0.137. The van der Waals surface area contributed by atoms with Gasteiger partial charge in [0.25, 0.3) is 5.91 Å². The van der Waals surface area contributed by atoms with Crippen LogP contribution in [0.5, 0.6) is 11.5 Å². The van der Waals surface area contributed by atoms with E-state index in [0.717, 1.165) is 12.1 Å². The predicted octanol–water partition coefficient (Wildman–Crippen LogP) is 5.51. The first-order chi connectivity index (χ1) is 15.5. The molecule has 0 fully saturated rings. The molecule has 3 amide bonds. The average Bonchev–Trinajstić information content (AvgIpc) is 2.75. The number of alkyl halides is 3. The highest BCUT2D eigenvalue weighted by Crippen LogP contribution is 2.32. The van der Waals surface area contributed by atoms with Gasteiger partial charge in [0.15, 0.2) is 0 Å². The minimum absolute atomic E-state index is 0.0576. The molecule has 172 valence electrons. The SMILES string of the molecule is CNC(=O)c1cc(Oc2ccc(NC(=O)Nc3cc(C(F)(F)F)ccc3C)cc2)cc(C)n1. The van der Waals surface area contributed by atoms with Crippen molar-refractivity contribution in [1.82, 2.24) is 10.3 Å². The molecule has 3 aromatic rings. The van der Waals surface area contributed by atoms with Crippen LogP contribution in [0.4, 0.5) is 29.3 Å². The molecule has 3 rings (SSSR count). The van der Waals surface area contributed by atoms with Gasteiger partial charge in [0.05, 0.1) is 5.56 Å². The lowest BCUT2D eigenvalue weighted by Gasteiger charge is -2.13. The molecule has 7 nitrogen and oxygen atoms in total. The Bertz CT molecular complexity index is 1180. The summed E-state index contributed by atoms with van der Waals surface area (Å²) in [5, 5.41) is 7.48. The minimum Gasteiger partial charge on any atom is -0.457 e. The van der Waals surface area contributed by atoms with Gasteiger partial charge in [-0.25, -0.2) is 9.78 Å². The number of nitrogens with zero attached hydrogens (tertiary/aromatic N) is 1. The maximum Gasteiger partial charge on any atom is 0.416 e. The number of hydrogen-bond acceptors (Lipinski definition) is 4. The van der Waals surface area contributed by atoms with Crippen molar-refractivity contribution in [3.8, 4) is 11.5 Å². The van der Waals surface area contributed by atoms with E-state index in [0.29, 0.717) is 28.4 Å². The zero-order valence-electron chi connectivity index (χ0n) is 18.0. The van der Waals surface area contributed by atoms with E-state index >= 15 is 0 Å². The molecule has 1 heterocycles. The van der Waals surface area contributed by atoms with E-state index in [2.05, 4.69) is 20.9 Å². The molecule has 33 heavy (non-hydrogen) atoms. The van der Waals surface area contributed by atoms with Crippen molar-refractivity contribution in [2.75, 3.05) is 17.7 Å². The van der Waals surface area contributed by atoms with Gasteiger partial charge in [-0.15, -0.1) is 0 Å². The number of urea groups is 1. The first-order valence-electron chi connectivity index (χ1n) is 9.79. The number of benzene rings is 2. The van der Waals surface area contributed by atoms with Gasteiger partial charge in [-0.3, -0.25) is 4.79 Å². The van der Waals surface area contributed by atoms with Crippen molar-refractivity contribution in [3.05, 3.63) is 77.1 Å². The fourth-order valence-corrected chi connectivity index (χ4v) is 2.90.